The number of ether oxygens (including phenoxy) is 1. The Kier molecular flexibility index (Phi) is 7.96. The van der Waals surface area contributed by atoms with Crippen molar-refractivity contribution in [1.29, 1.82) is 0 Å². The molecule has 0 aliphatic carbocycles. The van der Waals surface area contributed by atoms with Crippen molar-refractivity contribution < 1.29 is 19.5 Å². The minimum absolute atomic E-state index is 0.0840. The average molecular weight is 434 g/mol. The zero-order valence-electron chi connectivity index (χ0n) is 18.2. The van der Waals surface area contributed by atoms with Gasteiger partial charge in [-0.25, -0.2) is 5.48 Å². The van der Waals surface area contributed by atoms with E-state index in [1.165, 1.54) is 0 Å². The Labute approximate surface area is 187 Å². The Morgan fingerprint density at radius 3 is 2.44 bits per heavy atom. The molecule has 0 fully saturated rings. The third-order valence-electron chi connectivity index (χ3n) is 4.88. The molecule has 3 rings (SSSR count). The summed E-state index contributed by atoms with van der Waals surface area (Å²) in [5.41, 5.74) is 3.11. The van der Waals surface area contributed by atoms with E-state index >= 15 is 0 Å². The monoisotopic (exact) mass is 433 g/mol. The van der Waals surface area contributed by atoms with Gasteiger partial charge in [-0.2, -0.15) is 0 Å². The maximum atomic E-state index is 12.9. The second-order valence-corrected chi connectivity index (χ2v) is 7.56. The highest BCUT2D eigenvalue weighted by Crippen LogP contribution is 2.25. The predicted molar refractivity (Wildman–Crippen MR) is 125 cm³/mol. The molecule has 0 spiro atoms. The Morgan fingerprint density at radius 2 is 1.72 bits per heavy atom. The van der Waals surface area contributed by atoms with Crippen LogP contribution in [0, 0.1) is 0 Å². The van der Waals surface area contributed by atoms with Crippen molar-refractivity contribution in [2.75, 3.05) is 33.8 Å². The standard InChI is InChI=1S/C25H27N3O4/c1-28(2)15-14-26-24(29)21(16-18-10-12-20(13-11-18)25(30)27-31)17-32-23-9-5-7-19-6-3-4-8-22(19)23/h3-13,16,31H,14-15,17H2,1-2H3,(H,26,29)(H,27,30)/b21-16+. The molecule has 32 heavy (non-hydrogen) atoms. The summed E-state index contributed by atoms with van der Waals surface area (Å²) in [5.74, 6) is -0.115. The molecule has 0 heterocycles. The maximum absolute atomic E-state index is 12.9. The fourth-order valence-electron chi connectivity index (χ4n) is 3.15. The molecule has 3 N–H and O–H groups in total. The van der Waals surface area contributed by atoms with Gasteiger partial charge < -0.3 is 15.0 Å². The number of hydrogen-bond donors (Lipinski definition) is 3. The molecule has 0 atom stereocenters. The molecular weight excluding hydrogens is 406 g/mol. The fourth-order valence-corrected chi connectivity index (χ4v) is 3.15. The SMILES string of the molecule is CN(C)CCNC(=O)/C(=C/c1ccc(C(=O)NO)cc1)COc1cccc2ccccc12. The van der Waals surface area contributed by atoms with Crippen molar-refractivity contribution in [3.63, 3.8) is 0 Å². The Balaban J connectivity index is 1.82. The van der Waals surface area contributed by atoms with Crippen molar-refractivity contribution in [3.8, 4) is 5.75 Å². The van der Waals surface area contributed by atoms with Crippen LogP contribution in [0.3, 0.4) is 0 Å². The number of benzene rings is 3. The highest BCUT2D eigenvalue weighted by atomic mass is 16.5. The van der Waals surface area contributed by atoms with Crippen LogP contribution in [0.15, 0.2) is 72.3 Å². The van der Waals surface area contributed by atoms with Crippen LogP contribution in [0.4, 0.5) is 0 Å². The lowest BCUT2D eigenvalue weighted by molar-refractivity contribution is -0.117. The average Bonchev–Trinajstić information content (AvgIpc) is 2.81. The molecule has 0 aliphatic heterocycles. The van der Waals surface area contributed by atoms with Gasteiger partial charge in [0.1, 0.15) is 12.4 Å². The number of rotatable bonds is 9. The summed E-state index contributed by atoms with van der Waals surface area (Å²) in [4.78, 5) is 26.4. The summed E-state index contributed by atoms with van der Waals surface area (Å²) >= 11 is 0. The van der Waals surface area contributed by atoms with Gasteiger partial charge in [-0.1, -0.05) is 48.5 Å². The zero-order valence-corrected chi connectivity index (χ0v) is 18.2. The van der Waals surface area contributed by atoms with Crippen LogP contribution in [-0.4, -0.2) is 55.7 Å². The first-order valence-corrected chi connectivity index (χ1v) is 10.3. The third kappa shape index (κ3) is 6.16. The van der Waals surface area contributed by atoms with E-state index in [9.17, 15) is 9.59 Å². The van der Waals surface area contributed by atoms with Crippen LogP contribution in [0.1, 0.15) is 15.9 Å². The molecule has 0 aliphatic rings. The van der Waals surface area contributed by atoms with Gasteiger partial charge in [0.05, 0.1) is 5.57 Å². The number of hydrogen-bond acceptors (Lipinski definition) is 5. The van der Waals surface area contributed by atoms with Crippen LogP contribution >= 0.6 is 0 Å². The summed E-state index contributed by atoms with van der Waals surface area (Å²) in [6.45, 7) is 1.31. The quantitative estimate of drug-likeness (QED) is 0.274. The topological polar surface area (TPSA) is 90.9 Å². The van der Waals surface area contributed by atoms with E-state index < -0.39 is 5.91 Å². The number of carbonyl (C=O) groups excluding carboxylic acids is 2. The van der Waals surface area contributed by atoms with Gasteiger partial charge >= 0.3 is 0 Å². The number of amides is 2. The minimum atomic E-state index is -0.596. The van der Waals surface area contributed by atoms with E-state index in [0.29, 0.717) is 30.0 Å². The highest BCUT2D eigenvalue weighted by molar-refractivity contribution is 5.98. The molecule has 0 radical (unpaired) electrons. The van der Waals surface area contributed by atoms with E-state index in [4.69, 9.17) is 9.94 Å². The molecule has 0 unspecified atom stereocenters. The van der Waals surface area contributed by atoms with Crippen LogP contribution in [-0.2, 0) is 4.79 Å². The van der Waals surface area contributed by atoms with Crippen molar-refractivity contribution >= 4 is 28.7 Å². The van der Waals surface area contributed by atoms with Crippen LogP contribution < -0.4 is 15.5 Å². The molecule has 2 amide bonds. The molecule has 0 aromatic heterocycles. The number of nitrogens with zero attached hydrogens (tertiary/aromatic N) is 1. The Morgan fingerprint density at radius 1 is 1.00 bits per heavy atom. The summed E-state index contributed by atoms with van der Waals surface area (Å²) in [6, 6.07) is 20.3. The van der Waals surface area contributed by atoms with E-state index in [1.807, 2.05) is 61.5 Å². The first kappa shape index (κ1) is 23.0. The lowest BCUT2D eigenvalue weighted by atomic mass is 10.1. The van der Waals surface area contributed by atoms with Crippen molar-refractivity contribution in [1.82, 2.24) is 15.7 Å². The molecular formula is C25H27N3O4. The molecule has 3 aromatic carbocycles. The van der Waals surface area contributed by atoms with E-state index in [2.05, 4.69) is 5.32 Å². The summed E-state index contributed by atoms with van der Waals surface area (Å²) in [6.07, 6.45) is 1.73. The number of hydroxylamine groups is 1. The van der Waals surface area contributed by atoms with Gasteiger partial charge in [0.25, 0.3) is 11.8 Å². The van der Waals surface area contributed by atoms with E-state index in [0.717, 1.165) is 16.3 Å². The van der Waals surface area contributed by atoms with Gasteiger partial charge in [-0.05, 0) is 49.3 Å². The predicted octanol–water partition coefficient (Wildman–Crippen LogP) is 3.10. The smallest absolute Gasteiger partial charge is 0.274 e. The van der Waals surface area contributed by atoms with Crippen LogP contribution in [0.5, 0.6) is 5.75 Å². The fraction of sp³-hybridized carbons (Fsp3) is 0.200. The van der Waals surface area contributed by atoms with Gasteiger partial charge in [-0.15, -0.1) is 0 Å². The van der Waals surface area contributed by atoms with Gasteiger partial charge in [0.15, 0.2) is 0 Å². The van der Waals surface area contributed by atoms with Crippen LogP contribution in [0.2, 0.25) is 0 Å². The summed E-state index contributed by atoms with van der Waals surface area (Å²) in [7, 11) is 3.88. The highest BCUT2D eigenvalue weighted by Gasteiger charge is 2.12. The number of carbonyl (C=O) groups is 2. The lowest BCUT2D eigenvalue weighted by Gasteiger charge is -2.14. The Bertz CT molecular complexity index is 1100. The van der Waals surface area contributed by atoms with Gasteiger partial charge in [0.2, 0.25) is 0 Å². The van der Waals surface area contributed by atoms with Crippen molar-refractivity contribution in [2.45, 2.75) is 0 Å². The molecule has 3 aromatic rings. The van der Waals surface area contributed by atoms with Crippen LogP contribution in [0.25, 0.3) is 16.8 Å². The largest absolute Gasteiger partial charge is 0.488 e. The van der Waals surface area contributed by atoms with E-state index in [-0.39, 0.29) is 12.5 Å². The first-order chi connectivity index (χ1) is 15.5. The summed E-state index contributed by atoms with van der Waals surface area (Å²) in [5, 5.41) is 13.7. The lowest BCUT2D eigenvalue weighted by Crippen LogP contribution is -2.33. The van der Waals surface area contributed by atoms with Crippen molar-refractivity contribution in [2.24, 2.45) is 0 Å². The molecule has 0 bridgehead atoms. The molecule has 7 nitrogen and oxygen atoms in total. The second kappa shape index (κ2) is 11.1. The Hall–Kier alpha value is -3.68. The normalized spacial score (nSPS) is 11.4. The minimum Gasteiger partial charge on any atom is -0.488 e. The number of likely N-dealkylation sites (N-methyl/N-ethyl adjacent to an activating group) is 1. The van der Waals surface area contributed by atoms with E-state index in [1.54, 1.807) is 35.8 Å². The van der Waals surface area contributed by atoms with Crippen molar-refractivity contribution in [3.05, 3.63) is 83.4 Å². The maximum Gasteiger partial charge on any atom is 0.274 e. The summed E-state index contributed by atoms with van der Waals surface area (Å²) < 4.78 is 6.04. The van der Waals surface area contributed by atoms with Gasteiger partial charge in [0, 0.05) is 24.0 Å². The molecule has 166 valence electrons. The third-order valence-corrected chi connectivity index (χ3v) is 4.88. The molecule has 0 saturated carbocycles. The first-order valence-electron chi connectivity index (χ1n) is 10.3. The second-order valence-electron chi connectivity index (χ2n) is 7.56. The van der Waals surface area contributed by atoms with Gasteiger partial charge in [-0.3, -0.25) is 14.8 Å². The molecule has 0 saturated heterocycles. The number of fused-ring (bicyclic) bond motifs is 1. The number of nitrogens with one attached hydrogen (secondary N) is 2. The zero-order chi connectivity index (χ0) is 22.9. The molecule has 7 heteroatoms.